The van der Waals surface area contributed by atoms with Crippen LogP contribution in [0.5, 0.6) is 0 Å². The molecule has 0 spiro atoms. The van der Waals surface area contributed by atoms with Crippen molar-refractivity contribution in [1.29, 1.82) is 0 Å². The van der Waals surface area contributed by atoms with Crippen LogP contribution in [0.2, 0.25) is 0 Å². The van der Waals surface area contributed by atoms with Crippen LogP contribution in [0.15, 0.2) is 188 Å². The minimum absolute atomic E-state index is 1.11. The van der Waals surface area contributed by atoms with Crippen LogP contribution in [0.4, 0.5) is 17.1 Å². The number of rotatable bonds is 6. The zero-order valence-electron chi connectivity index (χ0n) is 24.8. The fourth-order valence-electron chi connectivity index (χ4n) is 6.44. The van der Waals surface area contributed by atoms with Crippen LogP contribution in [0.3, 0.4) is 0 Å². The summed E-state index contributed by atoms with van der Waals surface area (Å²) < 4.78 is 0. The molecule has 0 aromatic heterocycles. The summed E-state index contributed by atoms with van der Waals surface area (Å²) in [4.78, 5) is 2.44. The quantitative estimate of drug-likeness (QED) is 0.179. The first-order valence-electron chi connectivity index (χ1n) is 15.4. The van der Waals surface area contributed by atoms with Crippen LogP contribution < -0.4 is 4.90 Å². The van der Waals surface area contributed by atoms with Crippen LogP contribution >= 0.6 is 0 Å². The Bertz CT molecular complexity index is 2200. The standard InChI is InChI=1S/C44H31N/c1-4-15-32(16-5-1)35-22-14-23-39(28-35)45(44-31-36-21-10-11-24-41(36)42-25-12-13-26-43(42)44)40-29-37(33-17-6-2-7-18-33)27-38(30-40)34-19-8-3-9-20-34/h1-31H. The van der Waals surface area contributed by atoms with E-state index in [9.17, 15) is 0 Å². The van der Waals surface area contributed by atoms with Crippen molar-refractivity contribution in [3.05, 3.63) is 188 Å². The molecule has 0 aliphatic rings. The van der Waals surface area contributed by atoms with E-state index in [0.29, 0.717) is 0 Å². The Balaban J connectivity index is 1.44. The summed E-state index contributed by atoms with van der Waals surface area (Å²) in [6.07, 6.45) is 0. The van der Waals surface area contributed by atoms with E-state index >= 15 is 0 Å². The number of anilines is 3. The normalized spacial score (nSPS) is 11.1. The Hall–Kier alpha value is -5.92. The van der Waals surface area contributed by atoms with E-state index in [-0.39, 0.29) is 0 Å². The van der Waals surface area contributed by atoms with E-state index in [1.54, 1.807) is 0 Å². The third kappa shape index (κ3) is 5.15. The van der Waals surface area contributed by atoms with Gasteiger partial charge in [0.2, 0.25) is 0 Å². The number of nitrogens with zero attached hydrogens (tertiary/aromatic N) is 1. The van der Waals surface area contributed by atoms with Gasteiger partial charge in [-0.3, -0.25) is 0 Å². The van der Waals surface area contributed by atoms with E-state index in [1.807, 2.05) is 0 Å². The minimum Gasteiger partial charge on any atom is -0.310 e. The van der Waals surface area contributed by atoms with E-state index in [1.165, 1.54) is 54.9 Å². The predicted molar refractivity (Wildman–Crippen MR) is 192 cm³/mol. The SMILES string of the molecule is c1ccc(-c2cccc(N(c3cc(-c4ccccc4)cc(-c4ccccc4)c3)c3cc4ccccc4c4ccccc34)c2)cc1. The predicted octanol–water partition coefficient (Wildman–Crippen LogP) is 12.5. The molecule has 0 radical (unpaired) electrons. The molecule has 0 aliphatic carbocycles. The van der Waals surface area contributed by atoms with Crippen molar-refractivity contribution < 1.29 is 0 Å². The Morgan fingerprint density at radius 1 is 0.267 bits per heavy atom. The molecule has 8 aromatic rings. The molecule has 212 valence electrons. The van der Waals surface area contributed by atoms with Gasteiger partial charge < -0.3 is 4.90 Å². The molecule has 0 fully saturated rings. The number of benzene rings is 8. The van der Waals surface area contributed by atoms with Gasteiger partial charge in [0.25, 0.3) is 0 Å². The summed E-state index contributed by atoms with van der Waals surface area (Å²) in [5.74, 6) is 0. The number of fused-ring (bicyclic) bond motifs is 3. The summed E-state index contributed by atoms with van der Waals surface area (Å²) in [5.41, 5.74) is 10.5. The maximum absolute atomic E-state index is 2.44. The van der Waals surface area contributed by atoms with Crippen molar-refractivity contribution in [3.8, 4) is 33.4 Å². The largest absolute Gasteiger partial charge is 0.310 e. The first kappa shape index (κ1) is 26.7. The molecule has 8 rings (SSSR count). The van der Waals surface area contributed by atoms with Gasteiger partial charge in [-0.25, -0.2) is 0 Å². The fraction of sp³-hybridized carbons (Fsp3) is 0. The molecule has 0 atom stereocenters. The maximum atomic E-state index is 2.44. The zero-order valence-corrected chi connectivity index (χ0v) is 24.8. The molecule has 0 N–H and O–H groups in total. The molecule has 1 heteroatoms. The number of hydrogen-bond donors (Lipinski definition) is 0. The lowest BCUT2D eigenvalue weighted by Crippen LogP contribution is -2.11. The van der Waals surface area contributed by atoms with Crippen LogP contribution in [0.1, 0.15) is 0 Å². The smallest absolute Gasteiger partial charge is 0.0546 e. The third-order valence-electron chi connectivity index (χ3n) is 8.59. The second-order valence-corrected chi connectivity index (χ2v) is 11.4. The molecular formula is C44H31N. The first-order valence-corrected chi connectivity index (χ1v) is 15.4. The van der Waals surface area contributed by atoms with Gasteiger partial charge >= 0.3 is 0 Å². The molecule has 0 aliphatic heterocycles. The monoisotopic (exact) mass is 573 g/mol. The van der Waals surface area contributed by atoms with Crippen molar-refractivity contribution in [2.45, 2.75) is 0 Å². The summed E-state index contributed by atoms with van der Waals surface area (Å²) in [6, 6.07) is 67.8. The summed E-state index contributed by atoms with van der Waals surface area (Å²) in [5, 5.41) is 4.95. The Morgan fingerprint density at radius 3 is 1.36 bits per heavy atom. The molecule has 8 aromatic carbocycles. The van der Waals surface area contributed by atoms with E-state index in [0.717, 1.165) is 17.1 Å². The summed E-state index contributed by atoms with van der Waals surface area (Å²) >= 11 is 0. The Kier molecular flexibility index (Phi) is 6.90. The summed E-state index contributed by atoms with van der Waals surface area (Å²) in [6.45, 7) is 0. The van der Waals surface area contributed by atoms with E-state index in [4.69, 9.17) is 0 Å². The highest BCUT2D eigenvalue weighted by molar-refractivity contribution is 6.14. The average Bonchev–Trinajstić information content (AvgIpc) is 3.13. The molecule has 0 unspecified atom stereocenters. The van der Waals surface area contributed by atoms with Gasteiger partial charge in [-0.05, 0) is 85.9 Å². The van der Waals surface area contributed by atoms with Crippen LogP contribution in [0, 0.1) is 0 Å². The molecule has 0 saturated heterocycles. The Labute approximate surface area is 264 Å². The van der Waals surface area contributed by atoms with Crippen molar-refractivity contribution in [1.82, 2.24) is 0 Å². The highest BCUT2D eigenvalue weighted by Crippen LogP contribution is 2.45. The van der Waals surface area contributed by atoms with Crippen LogP contribution in [-0.2, 0) is 0 Å². The molecule has 0 saturated carbocycles. The Morgan fingerprint density at radius 2 is 0.733 bits per heavy atom. The van der Waals surface area contributed by atoms with Crippen LogP contribution in [-0.4, -0.2) is 0 Å². The third-order valence-corrected chi connectivity index (χ3v) is 8.59. The van der Waals surface area contributed by atoms with Gasteiger partial charge in [0.05, 0.1) is 5.69 Å². The maximum Gasteiger partial charge on any atom is 0.0546 e. The lowest BCUT2D eigenvalue weighted by Gasteiger charge is -2.29. The number of hydrogen-bond acceptors (Lipinski definition) is 1. The first-order chi connectivity index (χ1) is 22.3. The van der Waals surface area contributed by atoms with Crippen molar-refractivity contribution >= 4 is 38.6 Å². The van der Waals surface area contributed by atoms with Crippen molar-refractivity contribution in [2.75, 3.05) is 4.90 Å². The lowest BCUT2D eigenvalue weighted by atomic mass is 9.95. The molecular weight excluding hydrogens is 542 g/mol. The van der Waals surface area contributed by atoms with Crippen LogP contribution in [0.25, 0.3) is 54.9 Å². The van der Waals surface area contributed by atoms with Gasteiger partial charge in [0.1, 0.15) is 0 Å². The second kappa shape index (κ2) is 11.6. The average molecular weight is 574 g/mol. The summed E-state index contributed by atoms with van der Waals surface area (Å²) in [7, 11) is 0. The molecule has 1 nitrogen and oxygen atoms in total. The van der Waals surface area contributed by atoms with Gasteiger partial charge in [0, 0.05) is 16.8 Å². The molecule has 45 heavy (non-hydrogen) atoms. The molecule has 0 heterocycles. The zero-order chi connectivity index (χ0) is 30.0. The van der Waals surface area contributed by atoms with E-state index < -0.39 is 0 Å². The van der Waals surface area contributed by atoms with Gasteiger partial charge in [-0.15, -0.1) is 0 Å². The van der Waals surface area contributed by atoms with E-state index in [2.05, 4.69) is 193 Å². The minimum atomic E-state index is 1.11. The highest BCUT2D eigenvalue weighted by Gasteiger charge is 2.20. The fourth-order valence-corrected chi connectivity index (χ4v) is 6.44. The topological polar surface area (TPSA) is 3.24 Å². The second-order valence-electron chi connectivity index (χ2n) is 11.4. The molecule has 0 bridgehead atoms. The van der Waals surface area contributed by atoms with Gasteiger partial charge in [0.15, 0.2) is 0 Å². The van der Waals surface area contributed by atoms with Crippen molar-refractivity contribution in [3.63, 3.8) is 0 Å². The molecule has 0 amide bonds. The van der Waals surface area contributed by atoms with Gasteiger partial charge in [-0.2, -0.15) is 0 Å². The van der Waals surface area contributed by atoms with Gasteiger partial charge in [-0.1, -0.05) is 152 Å². The lowest BCUT2D eigenvalue weighted by molar-refractivity contribution is 1.30. The van der Waals surface area contributed by atoms with Crippen molar-refractivity contribution in [2.24, 2.45) is 0 Å². The highest BCUT2D eigenvalue weighted by atomic mass is 15.1.